The Kier molecular flexibility index (Phi) is 4.73. The van der Waals surface area contributed by atoms with Gasteiger partial charge in [0.1, 0.15) is 5.82 Å². The fourth-order valence-electron chi connectivity index (χ4n) is 3.52. The van der Waals surface area contributed by atoms with Gasteiger partial charge < -0.3 is 9.47 Å². The lowest BCUT2D eigenvalue weighted by molar-refractivity contribution is 0.0992. The van der Waals surface area contributed by atoms with Gasteiger partial charge in [-0.3, -0.25) is 9.59 Å². The Morgan fingerprint density at radius 1 is 1.07 bits per heavy atom. The van der Waals surface area contributed by atoms with Gasteiger partial charge in [0.05, 0.1) is 15.8 Å². The Labute approximate surface area is 165 Å². The van der Waals surface area contributed by atoms with E-state index in [1.807, 2.05) is 38.1 Å². The third-order valence-corrected chi connectivity index (χ3v) is 6.03. The number of hydrogen-bond donors (Lipinski definition) is 0. The molecule has 0 unspecified atom stereocenters. The van der Waals surface area contributed by atoms with Crippen LogP contribution in [0.5, 0.6) is 0 Å². The zero-order valence-electron chi connectivity index (χ0n) is 15.6. The van der Waals surface area contributed by atoms with Crippen LogP contribution in [0, 0.1) is 5.82 Å². The average Bonchev–Trinajstić information content (AvgIpc) is 3.16. The number of para-hydroxylation sites is 1. The predicted molar refractivity (Wildman–Crippen MR) is 113 cm³/mol. The van der Waals surface area contributed by atoms with Gasteiger partial charge in [0.15, 0.2) is 0 Å². The van der Waals surface area contributed by atoms with Crippen molar-refractivity contribution < 1.29 is 9.18 Å². The zero-order chi connectivity index (χ0) is 19.8. The maximum Gasteiger partial charge on any atom is 0.268 e. The Bertz CT molecular complexity index is 1240. The molecule has 2 heterocycles. The van der Waals surface area contributed by atoms with Gasteiger partial charge >= 0.3 is 0 Å². The van der Waals surface area contributed by atoms with E-state index in [1.54, 1.807) is 27.7 Å². The fraction of sp³-hybridized carbons (Fsp3) is 0.182. The van der Waals surface area contributed by atoms with E-state index in [4.69, 9.17) is 0 Å². The van der Waals surface area contributed by atoms with E-state index in [0.29, 0.717) is 29.0 Å². The van der Waals surface area contributed by atoms with E-state index in [1.165, 1.54) is 23.5 Å². The van der Waals surface area contributed by atoms with Crippen molar-refractivity contribution in [1.29, 1.82) is 0 Å². The maximum absolute atomic E-state index is 13.2. The van der Waals surface area contributed by atoms with Crippen LogP contribution in [-0.2, 0) is 6.54 Å². The Hall–Kier alpha value is -2.99. The van der Waals surface area contributed by atoms with E-state index in [-0.39, 0.29) is 17.3 Å². The number of rotatable bonds is 4. The molecule has 0 bridgehead atoms. The highest BCUT2D eigenvalue weighted by atomic mass is 32.1. The van der Waals surface area contributed by atoms with Gasteiger partial charge in [0, 0.05) is 28.9 Å². The molecule has 0 atom stereocenters. The Balaban J connectivity index is 1.88. The van der Waals surface area contributed by atoms with Crippen LogP contribution in [-0.4, -0.2) is 17.0 Å². The molecular formula is C22H19FN2O2S. The summed E-state index contributed by atoms with van der Waals surface area (Å²) in [7, 11) is 0. The van der Waals surface area contributed by atoms with E-state index >= 15 is 0 Å². The lowest BCUT2D eigenvalue weighted by Gasteiger charge is -2.20. The van der Waals surface area contributed by atoms with Gasteiger partial charge in [-0.1, -0.05) is 18.2 Å². The second-order valence-corrected chi connectivity index (χ2v) is 7.50. The molecule has 0 saturated heterocycles. The van der Waals surface area contributed by atoms with Crippen molar-refractivity contribution in [2.45, 2.75) is 20.4 Å². The quantitative estimate of drug-likeness (QED) is 0.487. The van der Waals surface area contributed by atoms with Gasteiger partial charge in [-0.25, -0.2) is 4.39 Å². The molecule has 0 spiro atoms. The van der Waals surface area contributed by atoms with Crippen LogP contribution in [0.2, 0.25) is 0 Å². The largest absolute Gasteiger partial charge is 0.308 e. The number of aryl methyl sites for hydroxylation is 1. The number of carbonyl (C=O) groups is 1. The second-order valence-electron chi connectivity index (χ2n) is 6.45. The van der Waals surface area contributed by atoms with Gasteiger partial charge in [-0.2, -0.15) is 0 Å². The number of nitrogens with zero attached hydrogens (tertiary/aromatic N) is 2. The molecule has 2 aromatic carbocycles. The molecule has 0 aliphatic rings. The van der Waals surface area contributed by atoms with Crippen LogP contribution in [0.4, 0.5) is 10.1 Å². The smallest absolute Gasteiger partial charge is 0.268 e. The van der Waals surface area contributed by atoms with Crippen molar-refractivity contribution >= 4 is 43.9 Å². The number of halogens is 1. The minimum Gasteiger partial charge on any atom is -0.308 e. The monoisotopic (exact) mass is 394 g/mol. The summed E-state index contributed by atoms with van der Waals surface area (Å²) in [6.07, 6.45) is 0. The Morgan fingerprint density at radius 2 is 1.79 bits per heavy atom. The fourth-order valence-corrected chi connectivity index (χ4v) is 4.66. The number of pyridine rings is 1. The number of fused-ring (bicyclic) bond motifs is 3. The lowest BCUT2D eigenvalue weighted by atomic mass is 10.1. The molecule has 28 heavy (non-hydrogen) atoms. The molecule has 0 radical (unpaired) electrons. The number of anilines is 1. The highest BCUT2D eigenvalue weighted by Gasteiger charge is 2.21. The molecule has 0 fully saturated rings. The standard InChI is InChI=1S/C22H19FN2O2S/c1-3-24(15-11-9-14(23)10-12-15)22(27)19-13-17-20(28-19)16-7-5-6-8-18(16)25(4-2)21(17)26/h5-13H,3-4H2,1-2H3. The summed E-state index contributed by atoms with van der Waals surface area (Å²) < 4.78 is 15.8. The number of benzene rings is 2. The Morgan fingerprint density at radius 3 is 2.46 bits per heavy atom. The molecule has 1 amide bonds. The molecule has 2 aromatic heterocycles. The van der Waals surface area contributed by atoms with Crippen molar-refractivity contribution in [3.8, 4) is 0 Å². The molecule has 0 N–H and O–H groups in total. The number of amides is 1. The van der Waals surface area contributed by atoms with Gasteiger partial charge in [-0.05, 0) is 50.2 Å². The van der Waals surface area contributed by atoms with Crippen LogP contribution in [0.3, 0.4) is 0 Å². The summed E-state index contributed by atoms with van der Waals surface area (Å²) in [6, 6.07) is 15.3. The van der Waals surface area contributed by atoms with Crippen molar-refractivity contribution in [1.82, 2.24) is 4.57 Å². The van der Waals surface area contributed by atoms with Crippen molar-refractivity contribution in [2.24, 2.45) is 0 Å². The van der Waals surface area contributed by atoms with Crippen LogP contribution in [0.25, 0.3) is 21.0 Å². The molecule has 4 aromatic rings. The van der Waals surface area contributed by atoms with Gasteiger partial charge in [-0.15, -0.1) is 11.3 Å². The molecule has 0 aliphatic carbocycles. The van der Waals surface area contributed by atoms with Crippen LogP contribution >= 0.6 is 11.3 Å². The number of thiophene rings is 1. The van der Waals surface area contributed by atoms with Crippen molar-refractivity contribution in [2.75, 3.05) is 11.4 Å². The summed E-state index contributed by atoms with van der Waals surface area (Å²) in [6.45, 7) is 4.81. The first kappa shape index (κ1) is 18.4. The highest BCUT2D eigenvalue weighted by molar-refractivity contribution is 7.21. The van der Waals surface area contributed by atoms with Crippen molar-refractivity contribution in [3.05, 3.63) is 75.6 Å². The van der Waals surface area contributed by atoms with E-state index in [2.05, 4.69) is 0 Å². The summed E-state index contributed by atoms with van der Waals surface area (Å²) in [5.74, 6) is -0.539. The van der Waals surface area contributed by atoms with E-state index in [9.17, 15) is 14.0 Å². The van der Waals surface area contributed by atoms with Crippen LogP contribution < -0.4 is 10.5 Å². The average molecular weight is 394 g/mol. The third kappa shape index (κ3) is 2.90. The topological polar surface area (TPSA) is 42.3 Å². The molecular weight excluding hydrogens is 375 g/mol. The molecule has 0 aliphatic heterocycles. The lowest BCUT2D eigenvalue weighted by Crippen LogP contribution is -2.29. The minimum absolute atomic E-state index is 0.0867. The first-order chi connectivity index (χ1) is 13.5. The first-order valence-corrected chi connectivity index (χ1v) is 9.99. The molecule has 142 valence electrons. The summed E-state index contributed by atoms with van der Waals surface area (Å²) >= 11 is 1.33. The van der Waals surface area contributed by atoms with E-state index in [0.717, 1.165) is 15.6 Å². The number of carbonyl (C=O) groups excluding carboxylic acids is 1. The van der Waals surface area contributed by atoms with Crippen LogP contribution in [0.1, 0.15) is 23.5 Å². The predicted octanol–water partition coefficient (Wildman–Crippen LogP) is 5.04. The maximum atomic E-state index is 13.2. The molecule has 6 heteroatoms. The molecule has 4 rings (SSSR count). The zero-order valence-corrected chi connectivity index (χ0v) is 16.4. The third-order valence-electron chi connectivity index (χ3n) is 4.87. The normalized spacial score (nSPS) is 11.2. The van der Waals surface area contributed by atoms with Crippen molar-refractivity contribution in [3.63, 3.8) is 0 Å². The second kappa shape index (κ2) is 7.20. The SMILES string of the molecule is CCN(C(=O)c1cc2c(=O)n(CC)c3ccccc3c2s1)c1ccc(F)cc1. The van der Waals surface area contributed by atoms with Gasteiger partial charge in [0.2, 0.25) is 0 Å². The van der Waals surface area contributed by atoms with Crippen LogP contribution in [0.15, 0.2) is 59.4 Å². The highest BCUT2D eigenvalue weighted by Crippen LogP contribution is 2.32. The first-order valence-electron chi connectivity index (χ1n) is 9.17. The summed E-state index contributed by atoms with van der Waals surface area (Å²) in [5, 5.41) is 1.52. The minimum atomic E-state index is -0.347. The molecule has 0 saturated carbocycles. The summed E-state index contributed by atoms with van der Waals surface area (Å²) in [4.78, 5) is 28.2. The molecule has 4 nitrogen and oxygen atoms in total. The summed E-state index contributed by atoms with van der Waals surface area (Å²) in [5.41, 5.74) is 1.41. The van der Waals surface area contributed by atoms with Gasteiger partial charge in [0.25, 0.3) is 11.5 Å². The number of hydrogen-bond acceptors (Lipinski definition) is 3. The van der Waals surface area contributed by atoms with E-state index < -0.39 is 0 Å². The number of aromatic nitrogens is 1.